The molecule has 1 amide bonds. The molecule has 0 aliphatic rings. The largest absolute Gasteiger partial charge is 0.365 e. The Bertz CT molecular complexity index is 646. The predicted molar refractivity (Wildman–Crippen MR) is 62.4 cm³/mol. The number of hydrogen-bond acceptors (Lipinski definition) is 3. The molecule has 19 heavy (non-hydrogen) atoms. The van der Waals surface area contributed by atoms with Crippen molar-refractivity contribution in [2.24, 2.45) is 5.73 Å². The van der Waals surface area contributed by atoms with Crippen molar-refractivity contribution in [1.29, 1.82) is 0 Å². The van der Waals surface area contributed by atoms with Crippen LogP contribution in [0.4, 0.5) is 24.7 Å². The van der Waals surface area contributed by atoms with E-state index in [1.165, 1.54) is 18.3 Å². The summed E-state index contributed by atoms with van der Waals surface area (Å²) in [4.78, 5) is 14.9. The Morgan fingerprint density at radius 3 is 2.58 bits per heavy atom. The molecule has 0 bridgehead atoms. The lowest BCUT2D eigenvalue weighted by molar-refractivity contribution is 0.100. The lowest BCUT2D eigenvalue weighted by Gasteiger charge is -2.10. The van der Waals surface area contributed by atoms with Crippen molar-refractivity contribution in [2.75, 3.05) is 5.32 Å². The summed E-state index contributed by atoms with van der Waals surface area (Å²) in [6, 6.07) is 4.59. The summed E-state index contributed by atoms with van der Waals surface area (Å²) in [5, 5.41) is 2.40. The van der Waals surface area contributed by atoms with Gasteiger partial charge in [-0.15, -0.1) is 0 Å². The number of nitrogens with two attached hydrogens (primary N) is 1. The van der Waals surface area contributed by atoms with Gasteiger partial charge in [0.1, 0.15) is 5.82 Å². The van der Waals surface area contributed by atoms with Crippen LogP contribution >= 0.6 is 0 Å². The van der Waals surface area contributed by atoms with E-state index in [-0.39, 0.29) is 17.1 Å². The summed E-state index contributed by atoms with van der Waals surface area (Å²) in [5.41, 5.74) is 4.77. The first-order valence-corrected chi connectivity index (χ1v) is 5.16. The van der Waals surface area contributed by atoms with Gasteiger partial charge in [0.25, 0.3) is 5.91 Å². The molecule has 0 spiro atoms. The minimum Gasteiger partial charge on any atom is -0.365 e. The Morgan fingerprint density at radius 1 is 1.16 bits per heavy atom. The molecule has 2 rings (SSSR count). The number of halogens is 3. The van der Waals surface area contributed by atoms with Crippen LogP contribution in [0.5, 0.6) is 0 Å². The average molecular weight is 267 g/mol. The van der Waals surface area contributed by atoms with Gasteiger partial charge in [0.05, 0.1) is 11.3 Å². The van der Waals surface area contributed by atoms with Gasteiger partial charge in [-0.1, -0.05) is 0 Å². The van der Waals surface area contributed by atoms with Gasteiger partial charge >= 0.3 is 0 Å². The van der Waals surface area contributed by atoms with E-state index in [9.17, 15) is 18.0 Å². The Hall–Kier alpha value is -2.57. The van der Waals surface area contributed by atoms with Gasteiger partial charge in [-0.3, -0.25) is 4.79 Å². The number of anilines is 2. The van der Waals surface area contributed by atoms with Crippen molar-refractivity contribution in [3.05, 3.63) is 53.5 Å². The fourth-order valence-electron chi connectivity index (χ4n) is 1.45. The fraction of sp³-hybridized carbons (Fsp3) is 0. The molecule has 0 radical (unpaired) electrons. The molecule has 0 aliphatic heterocycles. The number of pyridine rings is 1. The molecule has 1 aromatic carbocycles. The van der Waals surface area contributed by atoms with E-state index in [1.54, 1.807) is 0 Å². The molecule has 2 aromatic rings. The van der Waals surface area contributed by atoms with E-state index in [4.69, 9.17) is 5.73 Å². The maximum atomic E-state index is 13.5. The Labute approximate surface area is 106 Å². The lowest BCUT2D eigenvalue weighted by Crippen LogP contribution is -2.14. The van der Waals surface area contributed by atoms with Gasteiger partial charge in [0, 0.05) is 6.20 Å². The van der Waals surface area contributed by atoms with Crippen LogP contribution in [0.25, 0.3) is 0 Å². The number of benzene rings is 1. The van der Waals surface area contributed by atoms with Crippen LogP contribution in [0.3, 0.4) is 0 Å². The average Bonchev–Trinajstić information content (AvgIpc) is 2.40. The first-order chi connectivity index (χ1) is 9.00. The molecule has 7 heteroatoms. The van der Waals surface area contributed by atoms with Crippen LogP contribution in [0, 0.1) is 17.5 Å². The number of carbonyl (C=O) groups excluding carboxylic acids is 1. The highest BCUT2D eigenvalue weighted by Gasteiger charge is 2.16. The molecule has 0 unspecified atom stereocenters. The minimum atomic E-state index is -1.61. The van der Waals surface area contributed by atoms with Crippen LogP contribution in [0.1, 0.15) is 10.4 Å². The van der Waals surface area contributed by atoms with Gasteiger partial charge in [0.15, 0.2) is 17.5 Å². The molecule has 98 valence electrons. The summed E-state index contributed by atoms with van der Waals surface area (Å²) in [7, 11) is 0. The molecular weight excluding hydrogens is 259 g/mol. The maximum absolute atomic E-state index is 13.5. The summed E-state index contributed by atoms with van der Waals surface area (Å²) >= 11 is 0. The lowest BCUT2D eigenvalue weighted by atomic mass is 10.2. The molecule has 0 saturated heterocycles. The number of carbonyl (C=O) groups is 1. The van der Waals surface area contributed by atoms with Crippen LogP contribution < -0.4 is 11.1 Å². The number of aromatic nitrogens is 1. The third-order valence-corrected chi connectivity index (χ3v) is 2.36. The van der Waals surface area contributed by atoms with Crippen LogP contribution in [0.15, 0.2) is 30.5 Å². The van der Waals surface area contributed by atoms with Gasteiger partial charge in [-0.25, -0.2) is 18.2 Å². The quantitative estimate of drug-likeness (QED) is 0.839. The van der Waals surface area contributed by atoms with Crippen molar-refractivity contribution >= 4 is 17.4 Å². The van der Waals surface area contributed by atoms with Gasteiger partial charge in [-0.05, 0) is 24.3 Å². The van der Waals surface area contributed by atoms with E-state index in [0.29, 0.717) is 0 Å². The van der Waals surface area contributed by atoms with Crippen molar-refractivity contribution < 1.29 is 18.0 Å². The zero-order valence-corrected chi connectivity index (χ0v) is 9.45. The van der Waals surface area contributed by atoms with Crippen molar-refractivity contribution in [2.45, 2.75) is 0 Å². The highest BCUT2D eigenvalue weighted by atomic mass is 19.2. The SMILES string of the molecule is NC(=O)c1cccnc1Nc1ccc(F)c(F)c1F. The first-order valence-electron chi connectivity index (χ1n) is 5.16. The van der Waals surface area contributed by atoms with Gasteiger partial charge < -0.3 is 11.1 Å². The van der Waals surface area contributed by atoms with E-state index >= 15 is 0 Å². The third-order valence-electron chi connectivity index (χ3n) is 2.36. The van der Waals surface area contributed by atoms with Crippen LogP contribution in [-0.2, 0) is 0 Å². The second-order valence-corrected chi connectivity index (χ2v) is 3.61. The summed E-state index contributed by atoms with van der Waals surface area (Å²) < 4.78 is 39.3. The molecule has 1 heterocycles. The zero-order chi connectivity index (χ0) is 14.0. The molecule has 4 nitrogen and oxygen atoms in total. The standard InChI is InChI=1S/C12H8F3N3O/c13-7-3-4-8(10(15)9(7)14)18-12-6(11(16)19)2-1-5-17-12/h1-5H,(H2,16,19)(H,17,18). The normalized spacial score (nSPS) is 10.3. The first kappa shape index (κ1) is 12.9. The Kier molecular flexibility index (Phi) is 3.37. The smallest absolute Gasteiger partial charge is 0.252 e. The van der Waals surface area contributed by atoms with Crippen LogP contribution in [-0.4, -0.2) is 10.9 Å². The van der Waals surface area contributed by atoms with E-state index < -0.39 is 23.4 Å². The number of nitrogens with zero attached hydrogens (tertiary/aromatic N) is 1. The molecule has 0 atom stereocenters. The summed E-state index contributed by atoms with van der Waals surface area (Å²) in [6.07, 6.45) is 1.34. The number of nitrogens with one attached hydrogen (secondary N) is 1. The van der Waals surface area contributed by atoms with Crippen LogP contribution in [0.2, 0.25) is 0 Å². The predicted octanol–water partition coefficient (Wildman–Crippen LogP) is 2.34. The van der Waals surface area contributed by atoms with E-state index in [2.05, 4.69) is 10.3 Å². The molecule has 3 N–H and O–H groups in total. The zero-order valence-electron chi connectivity index (χ0n) is 9.45. The second kappa shape index (κ2) is 4.97. The van der Waals surface area contributed by atoms with Crippen molar-refractivity contribution in [1.82, 2.24) is 4.98 Å². The van der Waals surface area contributed by atoms with Crippen molar-refractivity contribution in [3.8, 4) is 0 Å². The third kappa shape index (κ3) is 2.49. The minimum absolute atomic E-state index is 0.00614. The van der Waals surface area contributed by atoms with Gasteiger partial charge in [0.2, 0.25) is 0 Å². The molecule has 0 aliphatic carbocycles. The number of hydrogen-bond donors (Lipinski definition) is 2. The number of rotatable bonds is 3. The molecule has 0 fully saturated rings. The second-order valence-electron chi connectivity index (χ2n) is 3.61. The highest BCUT2D eigenvalue weighted by molar-refractivity contribution is 5.98. The summed E-state index contributed by atoms with van der Waals surface area (Å²) in [6.45, 7) is 0. The monoisotopic (exact) mass is 267 g/mol. The molecule has 0 saturated carbocycles. The number of primary amides is 1. The topological polar surface area (TPSA) is 68.0 Å². The molecular formula is C12H8F3N3O. The van der Waals surface area contributed by atoms with Crippen molar-refractivity contribution in [3.63, 3.8) is 0 Å². The maximum Gasteiger partial charge on any atom is 0.252 e. The van der Waals surface area contributed by atoms with Gasteiger partial charge in [-0.2, -0.15) is 0 Å². The highest BCUT2D eigenvalue weighted by Crippen LogP contribution is 2.24. The van der Waals surface area contributed by atoms with E-state index in [0.717, 1.165) is 12.1 Å². The summed E-state index contributed by atoms with van der Waals surface area (Å²) in [5.74, 6) is -5.14. The Morgan fingerprint density at radius 2 is 1.89 bits per heavy atom. The fourth-order valence-corrected chi connectivity index (χ4v) is 1.45. The van der Waals surface area contributed by atoms with E-state index in [1.807, 2.05) is 0 Å². The Balaban J connectivity index is 2.42. The molecule has 1 aromatic heterocycles. The number of amides is 1.